The van der Waals surface area contributed by atoms with E-state index in [1.54, 1.807) is 0 Å². The molecule has 68 heavy (non-hydrogen) atoms. The first-order valence-corrected chi connectivity index (χ1v) is 25.3. The number of rotatable bonds is 8. The molecule has 0 N–H and O–H groups in total. The van der Waals surface area contributed by atoms with Crippen LogP contribution in [0.15, 0.2) is 191 Å². The molecule has 1 unspecified atom stereocenters. The SMILES string of the molecule is c1ccc(C(c2ccc3ccc4c(N(c5ccccc5)c5cccc6c5oc5c(C7CCCCC7)cccc56)ccc5ccc2c3c54)c2cccc3c2oc2c(C4CCCCC4)cccc23)cc1. The first-order chi connectivity index (χ1) is 33.8. The first-order valence-electron chi connectivity index (χ1n) is 25.3. The van der Waals surface area contributed by atoms with Gasteiger partial charge >= 0.3 is 0 Å². The number of nitrogens with zero attached hydrogens (tertiary/aromatic N) is 1. The van der Waals surface area contributed by atoms with Crippen LogP contribution in [0, 0.1) is 0 Å². The molecule has 10 aromatic carbocycles. The molecular formula is C65H53NO2. The largest absolute Gasteiger partial charge is 0.455 e. The number of para-hydroxylation sites is 5. The molecule has 0 saturated heterocycles. The molecular weight excluding hydrogens is 827 g/mol. The van der Waals surface area contributed by atoms with Gasteiger partial charge in [0, 0.05) is 44.1 Å². The van der Waals surface area contributed by atoms with E-state index in [2.05, 4.69) is 187 Å². The molecule has 330 valence electrons. The normalized spacial score (nSPS) is 15.8. The van der Waals surface area contributed by atoms with Gasteiger partial charge in [-0.05, 0) is 111 Å². The molecule has 1 atom stereocenters. The lowest BCUT2D eigenvalue weighted by Crippen LogP contribution is -2.11. The highest BCUT2D eigenvalue weighted by Crippen LogP contribution is 2.50. The van der Waals surface area contributed by atoms with Gasteiger partial charge in [-0.25, -0.2) is 0 Å². The minimum atomic E-state index is -0.0624. The second kappa shape index (κ2) is 16.2. The lowest BCUT2D eigenvalue weighted by atomic mass is 9.80. The number of hydrogen-bond acceptors (Lipinski definition) is 3. The zero-order valence-corrected chi connectivity index (χ0v) is 38.4. The average Bonchev–Trinajstić information content (AvgIpc) is 4.00. The van der Waals surface area contributed by atoms with Crippen LogP contribution >= 0.6 is 0 Å². The maximum atomic E-state index is 7.22. The van der Waals surface area contributed by atoms with Gasteiger partial charge in [0.1, 0.15) is 16.7 Å². The maximum Gasteiger partial charge on any atom is 0.159 e. The molecule has 0 bridgehead atoms. The lowest BCUT2D eigenvalue weighted by Gasteiger charge is -2.28. The van der Waals surface area contributed by atoms with Crippen molar-refractivity contribution >= 4 is 93.3 Å². The highest BCUT2D eigenvalue weighted by Gasteiger charge is 2.29. The van der Waals surface area contributed by atoms with E-state index in [1.165, 1.54) is 141 Å². The Kier molecular flexibility index (Phi) is 9.45. The van der Waals surface area contributed by atoms with Crippen molar-refractivity contribution in [3.05, 3.63) is 210 Å². The number of hydrogen-bond donors (Lipinski definition) is 0. The number of anilines is 3. The Labute approximate surface area is 396 Å². The average molecular weight is 880 g/mol. The van der Waals surface area contributed by atoms with Gasteiger partial charge in [0.2, 0.25) is 0 Å². The molecule has 2 aliphatic carbocycles. The zero-order chi connectivity index (χ0) is 44.7. The summed E-state index contributed by atoms with van der Waals surface area (Å²) in [5, 5.41) is 12.3. The van der Waals surface area contributed by atoms with Crippen molar-refractivity contribution in [1.29, 1.82) is 0 Å². The van der Waals surface area contributed by atoms with Crippen LogP contribution in [0.4, 0.5) is 17.1 Å². The summed E-state index contributed by atoms with van der Waals surface area (Å²) in [6.07, 6.45) is 12.8. The van der Waals surface area contributed by atoms with Crippen LogP contribution in [0.25, 0.3) is 76.2 Å². The summed E-state index contributed by atoms with van der Waals surface area (Å²) in [4.78, 5) is 2.44. The van der Waals surface area contributed by atoms with E-state index in [-0.39, 0.29) is 5.92 Å². The van der Waals surface area contributed by atoms with E-state index >= 15 is 0 Å². The molecule has 0 spiro atoms. The van der Waals surface area contributed by atoms with E-state index in [4.69, 9.17) is 8.83 Å². The van der Waals surface area contributed by atoms with Crippen LogP contribution in [0.2, 0.25) is 0 Å². The van der Waals surface area contributed by atoms with Crippen LogP contribution in [-0.2, 0) is 0 Å². The van der Waals surface area contributed by atoms with Gasteiger partial charge in [-0.15, -0.1) is 0 Å². The number of fused-ring (bicyclic) bond motifs is 6. The van der Waals surface area contributed by atoms with Crippen molar-refractivity contribution in [2.24, 2.45) is 0 Å². The molecule has 0 amide bonds. The van der Waals surface area contributed by atoms with Crippen LogP contribution < -0.4 is 4.90 Å². The van der Waals surface area contributed by atoms with E-state index < -0.39 is 0 Å². The predicted molar refractivity (Wildman–Crippen MR) is 285 cm³/mol. The van der Waals surface area contributed by atoms with Crippen molar-refractivity contribution < 1.29 is 8.83 Å². The van der Waals surface area contributed by atoms with Crippen molar-refractivity contribution in [3.63, 3.8) is 0 Å². The topological polar surface area (TPSA) is 29.5 Å². The Hall–Kier alpha value is -7.36. The summed E-state index contributed by atoms with van der Waals surface area (Å²) in [6.45, 7) is 0. The van der Waals surface area contributed by atoms with Gasteiger partial charge in [-0.1, -0.05) is 196 Å². The van der Waals surface area contributed by atoms with Gasteiger partial charge in [-0.3, -0.25) is 0 Å². The van der Waals surface area contributed by atoms with Gasteiger partial charge in [0.05, 0.1) is 11.4 Å². The number of furan rings is 2. The van der Waals surface area contributed by atoms with Crippen molar-refractivity contribution in [1.82, 2.24) is 0 Å². The maximum absolute atomic E-state index is 7.22. The smallest absolute Gasteiger partial charge is 0.159 e. The van der Waals surface area contributed by atoms with Crippen LogP contribution in [0.3, 0.4) is 0 Å². The molecule has 0 aliphatic heterocycles. The Bertz CT molecular complexity index is 3580. The molecule has 3 nitrogen and oxygen atoms in total. The summed E-state index contributed by atoms with van der Waals surface area (Å²) in [6, 6.07) is 67.9. The lowest BCUT2D eigenvalue weighted by molar-refractivity contribution is 0.442. The van der Waals surface area contributed by atoms with E-state index in [9.17, 15) is 0 Å². The summed E-state index contributed by atoms with van der Waals surface area (Å²) >= 11 is 0. The Morgan fingerprint density at radius 3 is 1.53 bits per heavy atom. The fraction of sp³-hybridized carbons (Fsp3) is 0.200. The minimum Gasteiger partial charge on any atom is -0.455 e. The van der Waals surface area contributed by atoms with Crippen molar-refractivity contribution in [2.45, 2.75) is 82.0 Å². The fourth-order valence-corrected chi connectivity index (χ4v) is 13.0. The summed E-state index contributed by atoms with van der Waals surface area (Å²) in [5.74, 6) is 1.02. The minimum absolute atomic E-state index is 0.0624. The molecule has 14 rings (SSSR count). The third-order valence-electron chi connectivity index (χ3n) is 16.1. The second-order valence-electron chi connectivity index (χ2n) is 19.9. The third-order valence-corrected chi connectivity index (χ3v) is 16.1. The fourth-order valence-electron chi connectivity index (χ4n) is 13.0. The Morgan fingerprint density at radius 2 is 0.868 bits per heavy atom. The molecule has 2 aromatic heterocycles. The highest BCUT2D eigenvalue weighted by molar-refractivity contribution is 6.27. The predicted octanol–water partition coefficient (Wildman–Crippen LogP) is 19.1. The van der Waals surface area contributed by atoms with Crippen LogP contribution in [-0.4, -0.2) is 0 Å². The molecule has 2 heterocycles. The van der Waals surface area contributed by atoms with Crippen LogP contribution in [0.5, 0.6) is 0 Å². The van der Waals surface area contributed by atoms with Gasteiger partial charge < -0.3 is 13.7 Å². The quantitative estimate of drug-likeness (QED) is 0.112. The molecule has 2 aliphatic rings. The molecule has 0 radical (unpaired) electrons. The molecule has 2 fully saturated rings. The molecule has 2 saturated carbocycles. The standard InChI is InChI=1S/C65H53NO2/c1-5-17-41(18-6-1)47-25-13-27-51-52-29-15-31-56(64(52)67-62(47)51)59(43-21-9-3-10-22-43)49-37-33-44-35-39-55-57(40-36-45-34-38-50(49)60(44)61(45)55)66(46-23-11-4-12-24-46)58-32-16-30-54-53-28-14-26-48(63(53)68-65(54)58)42-19-7-2-8-20-42/h3-4,9-16,21-42,59H,1-2,5-8,17-20H2. The van der Waals surface area contributed by atoms with Crippen molar-refractivity contribution in [3.8, 4) is 0 Å². The molecule has 3 heteroatoms. The van der Waals surface area contributed by atoms with Gasteiger partial charge in [0.25, 0.3) is 0 Å². The highest BCUT2D eigenvalue weighted by atomic mass is 16.3. The summed E-state index contributed by atoms with van der Waals surface area (Å²) in [5.41, 5.74) is 13.8. The van der Waals surface area contributed by atoms with Gasteiger partial charge in [-0.2, -0.15) is 0 Å². The first kappa shape index (κ1) is 39.8. The molecule has 12 aromatic rings. The van der Waals surface area contributed by atoms with E-state index in [1.807, 2.05) is 0 Å². The summed E-state index contributed by atoms with van der Waals surface area (Å²) in [7, 11) is 0. The summed E-state index contributed by atoms with van der Waals surface area (Å²) < 4.78 is 14.4. The third kappa shape index (κ3) is 6.24. The van der Waals surface area contributed by atoms with E-state index in [0.29, 0.717) is 11.8 Å². The van der Waals surface area contributed by atoms with Crippen molar-refractivity contribution in [2.75, 3.05) is 4.90 Å². The monoisotopic (exact) mass is 879 g/mol. The van der Waals surface area contributed by atoms with Crippen LogP contribution in [0.1, 0.15) is 110 Å². The zero-order valence-electron chi connectivity index (χ0n) is 38.4. The second-order valence-corrected chi connectivity index (χ2v) is 19.9. The van der Waals surface area contributed by atoms with E-state index in [0.717, 1.165) is 44.8 Å². The van der Waals surface area contributed by atoms with Gasteiger partial charge in [0.15, 0.2) is 5.58 Å². The Balaban J connectivity index is 0.981. The Morgan fingerprint density at radius 1 is 0.353 bits per heavy atom. The number of benzene rings is 10.